The molecular formula is C19H21N3O2. The molecule has 0 fully saturated rings. The molecule has 0 bridgehead atoms. The number of hydrogen-bond acceptors (Lipinski definition) is 3. The molecule has 24 heavy (non-hydrogen) atoms. The lowest BCUT2D eigenvalue weighted by atomic mass is 10.1. The normalized spacial score (nSPS) is 10.9. The number of methoxy groups -OCH3 is 1. The van der Waals surface area contributed by atoms with Crippen molar-refractivity contribution in [1.29, 1.82) is 0 Å². The molecule has 5 nitrogen and oxygen atoms in total. The average molecular weight is 323 g/mol. The second-order valence-electron chi connectivity index (χ2n) is 5.63. The molecule has 0 radical (unpaired) electrons. The zero-order valence-corrected chi connectivity index (χ0v) is 14.0. The number of para-hydroxylation sites is 2. The van der Waals surface area contributed by atoms with Crippen molar-refractivity contribution in [3.05, 3.63) is 59.9 Å². The molecule has 3 rings (SSSR count). The van der Waals surface area contributed by atoms with Gasteiger partial charge in [0.2, 0.25) is 5.91 Å². The second kappa shape index (κ2) is 7.27. The quantitative estimate of drug-likeness (QED) is 0.756. The summed E-state index contributed by atoms with van der Waals surface area (Å²) in [5.41, 5.74) is 3.84. The van der Waals surface area contributed by atoms with Crippen LogP contribution in [0, 0.1) is 0 Å². The predicted octanol–water partition coefficient (Wildman–Crippen LogP) is 3.38. The molecule has 2 aromatic carbocycles. The van der Waals surface area contributed by atoms with Gasteiger partial charge in [-0.1, -0.05) is 31.2 Å². The van der Waals surface area contributed by atoms with Crippen LogP contribution in [0.1, 0.15) is 18.3 Å². The summed E-state index contributed by atoms with van der Waals surface area (Å²) in [5, 5.41) is 2.94. The minimum Gasteiger partial charge on any atom is -0.377 e. The van der Waals surface area contributed by atoms with Crippen molar-refractivity contribution in [3.63, 3.8) is 0 Å². The molecule has 1 heterocycles. The van der Waals surface area contributed by atoms with Gasteiger partial charge in [-0.15, -0.1) is 0 Å². The summed E-state index contributed by atoms with van der Waals surface area (Å²) in [5.74, 6) is 0.662. The van der Waals surface area contributed by atoms with Crippen LogP contribution in [0.15, 0.2) is 48.5 Å². The molecule has 0 aliphatic carbocycles. The molecule has 124 valence electrons. The molecule has 0 aliphatic heterocycles. The van der Waals surface area contributed by atoms with Crippen LogP contribution >= 0.6 is 0 Å². The summed E-state index contributed by atoms with van der Waals surface area (Å²) < 4.78 is 7.11. The van der Waals surface area contributed by atoms with Gasteiger partial charge in [-0.3, -0.25) is 4.79 Å². The van der Waals surface area contributed by atoms with Gasteiger partial charge >= 0.3 is 0 Å². The molecule has 0 saturated carbocycles. The van der Waals surface area contributed by atoms with E-state index < -0.39 is 0 Å². The second-order valence-corrected chi connectivity index (χ2v) is 5.63. The maximum atomic E-state index is 12.4. The first-order valence-electron chi connectivity index (χ1n) is 8.03. The summed E-state index contributed by atoms with van der Waals surface area (Å²) in [4.78, 5) is 17.0. The Hall–Kier alpha value is -2.66. The topological polar surface area (TPSA) is 56.2 Å². The van der Waals surface area contributed by atoms with Gasteiger partial charge in [0.05, 0.1) is 11.0 Å². The summed E-state index contributed by atoms with van der Waals surface area (Å²) in [6, 6.07) is 15.7. The minimum atomic E-state index is -0.0836. The predicted molar refractivity (Wildman–Crippen MR) is 94.9 cm³/mol. The van der Waals surface area contributed by atoms with Crippen molar-refractivity contribution in [2.45, 2.75) is 26.5 Å². The molecular weight excluding hydrogens is 302 g/mol. The third-order valence-corrected chi connectivity index (χ3v) is 3.95. The Morgan fingerprint density at radius 3 is 2.62 bits per heavy atom. The van der Waals surface area contributed by atoms with Gasteiger partial charge in [0, 0.05) is 12.8 Å². The third kappa shape index (κ3) is 3.46. The van der Waals surface area contributed by atoms with Crippen molar-refractivity contribution < 1.29 is 9.53 Å². The van der Waals surface area contributed by atoms with E-state index >= 15 is 0 Å². The Labute approximate surface area is 141 Å². The van der Waals surface area contributed by atoms with E-state index in [1.165, 1.54) is 5.56 Å². The van der Waals surface area contributed by atoms with Crippen molar-refractivity contribution in [2.24, 2.45) is 0 Å². The van der Waals surface area contributed by atoms with E-state index in [0.717, 1.165) is 29.0 Å². The fourth-order valence-electron chi connectivity index (χ4n) is 2.71. The fraction of sp³-hybridized carbons (Fsp3) is 0.263. The van der Waals surface area contributed by atoms with Crippen LogP contribution in [0.4, 0.5) is 5.69 Å². The van der Waals surface area contributed by atoms with Crippen molar-refractivity contribution >= 4 is 22.6 Å². The molecule has 0 atom stereocenters. The van der Waals surface area contributed by atoms with Crippen LogP contribution in [0.5, 0.6) is 0 Å². The van der Waals surface area contributed by atoms with E-state index in [1.54, 1.807) is 7.11 Å². The molecule has 1 amide bonds. The lowest BCUT2D eigenvalue weighted by Gasteiger charge is -2.10. The molecule has 1 N–H and O–H groups in total. The number of aryl methyl sites for hydroxylation is 1. The summed E-state index contributed by atoms with van der Waals surface area (Å²) >= 11 is 0. The highest BCUT2D eigenvalue weighted by molar-refractivity contribution is 5.91. The highest BCUT2D eigenvalue weighted by atomic mass is 16.5. The van der Waals surface area contributed by atoms with Crippen LogP contribution in [0.25, 0.3) is 11.0 Å². The number of benzene rings is 2. The van der Waals surface area contributed by atoms with Crippen molar-refractivity contribution in [3.8, 4) is 0 Å². The standard InChI is InChI=1S/C19H21N3O2/c1-3-14-8-10-15(11-9-14)20-19(23)12-22-17-7-5-4-6-16(17)21-18(22)13-24-2/h4-11H,3,12-13H2,1-2H3,(H,20,23). The monoisotopic (exact) mass is 323 g/mol. The van der Waals surface area contributed by atoms with Gasteiger partial charge in [-0.05, 0) is 36.2 Å². The number of imidazole rings is 1. The van der Waals surface area contributed by atoms with E-state index in [2.05, 4.69) is 17.2 Å². The zero-order valence-electron chi connectivity index (χ0n) is 14.0. The Morgan fingerprint density at radius 1 is 1.17 bits per heavy atom. The maximum Gasteiger partial charge on any atom is 0.244 e. The Morgan fingerprint density at radius 2 is 1.92 bits per heavy atom. The van der Waals surface area contributed by atoms with Crippen LogP contribution in [0.2, 0.25) is 0 Å². The number of amides is 1. The van der Waals surface area contributed by atoms with Crippen LogP contribution in [-0.4, -0.2) is 22.6 Å². The number of carbonyl (C=O) groups excluding carboxylic acids is 1. The number of nitrogens with one attached hydrogen (secondary N) is 1. The van der Waals surface area contributed by atoms with Gasteiger partial charge in [0.25, 0.3) is 0 Å². The van der Waals surface area contributed by atoms with Gasteiger partial charge in [-0.2, -0.15) is 0 Å². The number of hydrogen-bond donors (Lipinski definition) is 1. The van der Waals surface area contributed by atoms with Crippen molar-refractivity contribution in [2.75, 3.05) is 12.4 Å². The number of carbonyl (C=O) groups is 1. The molecule has 0 saturated heterocycles. The first-order chi connectivity index (χ1) is 11.7. The SMILES string of the molecule is CCc1ccc(NC(=O)Cn2c(COC)nc3ccccc32)cc1. The third-order valence-electron chi connectivity index (χ3n) is 3.95. The Bertz CT molecular complexity index is 837. The molecule has 0 spiro atoms. The molecule has 5 heteroatoms. The van der Waals surface area contributed by atoms with Crippen molar-refractivity contribution in [1.82, 2.24) is 9.55 Å². The lowest BCUT2D eigenvalue weighted by molar-refractivity contribution is -0.116. The van der Waals surface area contributed by atoms with E-state index in [9.17, 15) is 4.79 Å². The molecule has 0 aliphatic rings. The Balaban J connectivity index is 1.80. The van der Waals surface area contributed by atoms with Gasteiger partial charge < -0.3 is 14.6 Å². The summed E-state index contributed by atoms with van der Waals surface area (Å²) in [7, 11) is 1.62. The fourth-order valence-corrected chi connectivity index (χ4v) is 2.71. The highest BCUT2D eigenvalue weighted by Gasteiger charge is 2.13. The van der Waals surface area contributed by atoms with E-state index in [1.807, 2.05) is 53.1 Å². The zero-order chi connectivity index (χ0) is 16.9. The lowest BCUT2D eigenvalue weighted by Crippen LogP contribution is -2.20. The van der Waals surface area contributed by atoms with E-state index in [0.29, 0.717) is 6.61 Å². The maximum absolute atomic E-state index is 12.4. The number of fused-ring (bicyclic) bond motifs is 1. The number of rotatable bonds is 6. The van der Waals surface area contributed by atoms with Gasteiger partial charge in [-0.25, -0.2) is 4.98 Å². The molecule has 1 aromatic heterocycles. The van der Waals surface area contributed by atoms with Crippen LogP contribution in [-0.2, 0) is 29.1 Å². The summed E-state index contributed by atoms with van der Waals surface area (Å²) in [6.45, 7) is 2.68. The average Bonchev–Trinajstić information content (AvgIpc) is 2.93. The highest BCUT2D eigenvalue weighted by Crippen LogP contribution is 2.17. The first kappa shape index (κ1) is 16.2. The summed E-state index contributed by atoms with van der Waals surface area (Å²) in [6.07, 6.45) is 0.982. The number of aromatic nitrogens is 2. The number of ether oxygens (including phenoxy) is 1. The van der Waals surface area contributed by atoms with E-state index in [-0.39, 0.29) is 12.5 Å². The smallest absolute Gasteiger partial charge is 0.244 e. The van der Waals surface area contributed by atoms with E-state index in [4.69, 9.17) is 4.74 Å². The molecule has 0 unspecified atom stereocenters. The number of nitrogens with zero attached hydrogens (tertiary/aromatic N) is 2. The first-order valence-corrected chi connectivity index (χ1v) is 8.03. The van der Waals surface area contributed by atoms with Crippen LogP contribution < -0.4 is 5.32 Å². The Kier molecular flexibility index (Phi) is 4.91. The largest absolute Gasteiger partial charge is 0.377 e. The van der Waals surface area contributed by atoms with Gasteiger partial charge in [0.1, 0.15) is 19.0 Å². The van der Waals surface area contributed by atoms with Gasteiger partial charge in [0.15, 0.2) is 0 Å². The molecule has 3 aromatic rings. The van der Waals surface area contributed by atoms with Crippen LogP contribution in [0.3, 0.4) is 0 Å². The minimum absolute atomic E-state index is 0.0836. The number of anilines is 1.